The molecule has 1 aromatic heterocycles. The Balaban J connectivity index is 1.74. The third-order valence-corrected chi connectivity index (χ3v) is 6.48. The second-order valence-electron chi connectivity index (χ2n) is 9.05. The van der Waals surface area contributed by atoms with Crippen LogP contribution < -0.4 is 9.64 Å². The minimum Gasteiger partial charge on any atom is -0.507 e. The molecule has 1 atom stereocenters. The second kappa shape index (κ2) is 9.21. The van der Waals surface area contributed by atoms with Crippen molar-refractivity contribution in [2.24, 2.45) is 0 Å². The van der Waals surface area contributed by atoms with Crippen LogP contribution in [0.15, 0.2) is 78.4 Å². The first kappa shape index (κ1) is 23.7. The first-order valence-electron chi connectivity index (χ1n) is 11.7. The van der Waals surface area contributed by atoms with E-state index in [0.29, 0.717) is 22.0 Å². The molecule has 3 aromatic carbocycles. The summed E-state index contributed by atoms with van der Waals surface area (Å²) in [6.07, 6.45) is -0.00249. The minimum atomic E-state index is -0.855. The summed E-state index contributed by atoms with van der Waals surface area (Å²) in [5, 5.41) is 12.7. The average molecular weight is 501 g/mol. The van der Waals surface area contributed by atoms with E-state index in [2.05, 4.69) is 4.98 Å². The molecule has 7 heteroatoms. The maximum Gasteiger partial charge on any atom is 0.300 e. The Bertz CT molecular complexity index is 1520. The number of anilines is 1. The highest BCUT2D eigenvalue weighted by Crippen LogP contribution is 2.45. The van der Waals surface area contributed by atoms with E-state index < -0.39 is 17.7 Å². The van der Waals surface area contributed by atoms with E-state index in [1.54, 1.807) is 48.5 Å². The first-order valence-corrected chi connectivity index (χ1v) is 12.0. The number of para-hydroxylation sites is 1. The molecule has 1 aliphatic heterocycles. The van der Waals surface area contributed by atoms with Crippen LogP contribution in [0.25, 0.3) is 16.7 Å². The molecule has 5 rings (SSSR count). The van der Waals surface area contributed by atoms with Gasteiger partial charge in [0.25, 0.3) is 11.7 Å². The fourth-order valence-corrected chi connectivity index (χ4v) is 4.95. The number of hydrogen-bond donors (Lipinski definition) is 2. The van der Waals surface area contributed by atoms with E-state index in [1.807, 2.05) is 45.0 Å². The number of hydrogen-bond acceptors (Lipinski definition) is 4. The molecule has 36 heavy (non-hydrogen) atoms. The van der Waals surface area contributed by atoms with E-state index in [9.17, 15) is 14.7 Å². The zero-order chi connectivity index (χ0) is 25.6. The molecule has 0 aliphatic carbocycles. The summed E-state index contributed by atoms with van der Waals surface area (Å²) in [4.78, 5) is 31.7. The molecule has 0 spiro atoms. The van der Waals surface area contributed by atoms with Crippen LogP contribution in [0.2, 0.25) is 5.02 Å². The number of aromatic amines is 1. The molecule has 4 aromatic rings. The average Bonchev–Trinajstić information content (AvgIpc) is 3.31. The number of nitrogens with one attached hydrogen (secondary N) is 1. The van der Waals surface area contributed by atoms with Gasteiger partial charge in [0.2, 0.25) is 0 Å². The fourth-order valence-electron chi connectivity index (χ4n) is 4.77. The highest BCUT2D eigenvalue weighted by Gasteiger charge is 2.48. The number of ether oxygens (including phenoxy) is 1. The quantitative estimate of drug-likeness (QED) is 0.185. The van der Waals surface area contributed by atoms with Gasteiger partial charge < -0.3 is 14.8 Å². The Morgan fingerprint density at radius 3 is 2.44 bits per heavy atom. The van der Waals surface area contributed by atoms with Gasteiger partial charge in [0.15, 0.2) is 0 Å². The van der Waals surface area contributed by atoms with Crippen LogP contribution in [-0.2, 0) is 9.59 Å². The molecule has 1 unspecified atom stereocenters. The van der Waals surface area contributed by atoms with Crippen LogP contribution >= 0.6 is 11.6 Å². The highest BCUT2D eigenvalue weighted by molar-refractivity contribution is 6.52. The number of aliphatic hydroxyl groups is 1. The number of carbonyl (C=O) groups excluding carboxylic acids is 2. The summed E-state index contributed by atoms with van der Waals surface area (Å²) in [7, 11) is 0. The zero-order valence-corrected chi connectivity index (χ0v) is 20.8. The number of benzene rings is 3. The number of aromatic nitrogens is 1. The number of rotatable bonds is 5. The summed E-state index contributed by atoms with van der Waals surface area (Å²) < 4.78 is 5.70. The normalized spacial score (nSPS) is 17.4. The molecule has 0 saturated carbocycles. The Hall–Kier alpha value is -4.03. The van der Waals surface area contributed by atoms with Gasteiger partial charge in [0.05, 0.1) is 17.7 Å². The maximum absolute atomic E-state index is 13.5. The van der Waals surface area contributed by atoms with E-state index in [0.717, 1.165) is 22.2 Å². The predicted octanol–water partition coefficient (Wildman–Crippen LogP) is 6.54. The van der Waals surface area contributed by atoms with Gasteiger partial charge in [-0.1, -0.05) is 35.9 Å². The summed E-state index contributed by atoms with van der Waals surface area (Å²) in [5.41, 5.74) is 3.31. The monoisotopic (exact) mass is 500 g/mol. The molecule has 0 bridgehead atoms. The maximum atomic E-state index is 13.5. The van der Waals surface area contributed by atoms with Crippen molar-refractivity contribution in [3.63, 3.8) is 0 Å². The molecule has 1 amide bonds. The molecule has 2 N–H and O–H groups in total. The van der Waals surface area contributed by atoms with Crippen LogP contribution in [0.4, 0.5) is 5.69 Å². The lowest BCUT2D eigenvalue weighted by Gasteiger charge is -2.26. The molecule has 1 saturated heterocycles. The van der Waals surface area contributed by atoms with Crippen LogP contribution in [0.5, 0.6) is 5.75 Å². The molecule has 1 fully saturated rings. The number of fused-ring (bicyclic) bond motifs is 1. The molecule has 6 nitrogen and oxygen atoms in total. The molecule has 2 heterocycles. The Labute approximate surface area is 213 Å². The Morgan fingerprint density at radius 2 is 1.75 bits per heavy atom. The van der Waals surface area contributed by atoms with Gasteiger partial charge in [-0.3, -0.25) is 14.5 Å². The number of ketones is 1. The van der Waals surface area contributed by atoms with Gasteiger partial charge in [-0.25, -0.2) is 0 Å². The van der Waals surface area contributed by atoms with Crippen molar-refractivity contribution in [2.45, 2.75) is 32.9 Å². The highest BCUT2D eigenvalue weighted by atomic mass is 35.5. The van der Waals surface area contributed by atoms with E-state index in [-0.39, 0.29) is 17.4 Å². The van der Waals surface area contributed by atoms with Crippen LogP contribution in [0, 0.1) is 6.92 Å². The van der Waals surface area contributed by atoms with Gasteiger partial charge in [-0.05, 0) is 69.3 Å². The number of H-pyrrole nitrogens is 1. The molecular formula is C29H25ClN2O4. The lowest BCUT2D eigenvalue weighted by molar-refractivity contribution is -0.132. The van der Waals surface area contributed by atoms with Crippen molar-refractivity contribution < 1.29 is 19.4 Å². The van der Waals surface area contributed by atoms with Crippen LogP contribution in [0.1, 0.15) is 36.7 Å². The number of amides is 1. The standard InChI is InChI=1S/C29H25ClN2O4/c1-16(2)36-21-13-11-18(12-14-21)27(33)25-26(24-17(3)31-23-10-5-4-9-22(23)24)32(29(35)28(25)34)20-8-6-7-19(30)15-20/h4-16,26,31,33H,1-3H3/b27-25+. The van der Waals surface area contributed by atoms with E-state index in [1.165, 1.54) is 4.90 Å². The molecular weight excluding hydrogens is 476 g/mol. The summed E-state index contributed by atoms with van der Waals surface area (Å²) >= 11 is 6.25. The number of aryl methyl sites for hydroxylation is 1. The van der Waals surface area contributed by atoms with Crippen molar-refractivity contribution in [1.29, 1.82) is 0 Å². The number of Topliss-reactive ketones (excluding diaryl/α,β-unsaturated/α-hetero) is 1. The van der Waals surface area contributed by atoms with Crippen LogP contribution in [-0.4, -0.2) is 27.9 Å². The van der Waals surface area contributed by atoms with Crippen molar-refractivity contribution in [2.75, 3.05) is 4.90 Å². The fraction of sp³-hybridized carbons (Fsp3) is 0.172. The lowest BCUT2D eigenvalue weighted by Crippen LogP contribution is -2.29. The van der Waals surface area contributed by atoms with E-state index in [4.69, 9.17) is 16.3 Å². The topological polar surface area (TPSA) is 82.6 Å². The van der Waals surface area contributed by atoms with Crippen molar-refractivity contribution in [3.8, 4) is 5.75 Å². The van der Waals surface area contributed by atoms with Gasteiger partial charge in [-0.15, -0.1) is 0 Å². The SMILES string of the molecule is Cc1[nH]c2ccccc2c1C1/C(=C(\O)c2ccc(OC(C)C)cc2)C(=O)C(=O)N1c1cccc(Cl)c1. The van der Waals surface area contributed by atoms with Crippen molar-refractivity contribution in [3.05, 3.63) is 100 Å². The third kappa shape index (κ3) is 4.03. The summed E-state index contributed by atoms with van der Waals surface area (Å²) in [5.74, 6) is -1.09. The number of halogens is 1. The Morgan fingerprint density at radius 1 is 1.03 bits per heavy atom. The first-order chi connectivity index (χ1) is 17.3. The summed E-state index contributed by atoms with van der Waals surface area (Å²) in [6, 6.07) is 20.4. The van der Waals surface area contributed by atoms with Gasteiger partial charge in [-0.2, -0.15) is 0 Å². The Kier molecular flexibility index (Phi) is 6.06. The van der Waals surface area contributed by atoms with Gasteiger partial charge >= 0.3 is 0 Å². The molecule has 1 aliphatic rings. The largest absolute Gasteiger partial charge is 0.507 e. The second-order valence-corrected chi connectivity index (χ2v) is 9.49. The number of aliphatic hydroxyl groups excluding tert-OH is 1. The third-order valence-electron chi connectivity index (χ3n) is 6.25. The lowest BCUT2D eigenvalue weighted by atomic mass is 9.93. The van der Waals surface area contributed by atoms with Gasteiger partial charge in [0.1, 0.15) is 11.5 Å². The van der Waals surface area contributed by atoms with Gasteiger partial charge in [0, 0.05) is 38.4 Å². The van der Waals surface area contributed by atoms with Crippen LogP contribution in [0.3, 0.4) is 0 Å². The van der Waals surface area contributed by atoms with E-state index >= 15 is 0 Å². The summed E-state index contributed by atoms with van der Waals surface area (Å²) in [6.45, 7) is 5.74. The van der Waals surface area contributed by atoms with Crippen molar-refractivity contribution in [1.82, 2.24) is 4.98 Å². The molecule has 182 valence electrons. The predicted molar refractivity (Wildman–Crippen MR) is 141 cm³/mol. The minimum absolute atomic E-state index is 0.00249. The molecule has 0 radical (unpaired) electrons. The smallest absolute Gasteiger partial charge is 0.300 e. The van der Waals surface area contributed by atoms with Crippen molar-refractivity contribution >= 4 is 45.6 Å². The number of carbonyl (C=O) groups is 2. The zero-order valence-electron chi connectivity index (χ0n) is 20.1. The number of nitrogens with zero attached hydrogens (tertiary/aromatic N) is 1.